The minimum absolute atomic E-state index is 0.493. The summed E-state index contributed by atoms with van der Waals surface area (Å²) < 4.78 is 5.64. The van der Waals surface area contributed by atoms with E-state index >= 15 is 0 Å². The summed E-state index contributed by atoms with van der Waals surface area (Å²) in [5.41, 5.74) is 3.35. The molecule has 1 aromatic heterocycles. The van der Waals surface area contributed by atoms with E-state index in [1.807, 2.05) is 6.92 Å². The fourth-order valence-corrected chi connectivity index (χ4v) is 1.79. The first-order valence-corrected chi connectivity index (χ1v) is 6.46. The lowest BCUT2D eigenvalue weighted by Gasteiger charge is -2.14. The minimum atomic E-state index is 0.493. The molecular formula is C15H24N2O. The number of aryl methyl sites for hydroxylation is 2. The fraction of sp³-hybridized carbons (Fsp3) is 0.533. The van der Waals surface area contributed by atoms with Crippen LogP contribution in [-0.2, 0) is 6.54 Å². The van der Waals surface area contributed by atoms with Crippen LogP contribution in [0.2, 0.25) is 0 Å². The summed E-state index contributed by atoms with van der Waals surface area (Å²) in [4.78, 5) is 4.46. The maximum atomic E-state index is 5.64. The van der Waals surface area contributed by atoms with Gasteiger partial charge in [0.25, 0.3) is 0 Å². The third kappa shape index (κ3) is 4.49. The molecule has 3 heteroatoms. The molecular weight excluding hydrogens is 224 g/mol. The average molecular weight is 248 g/mol. The van der Waals surface area contributed by atoms with Crippen molar-refractivity contribution >= 4 is 0 Å². The molecule has 3 nitrogen and oxygen atoms in total. The van der Waals surface area contributed by atoms with E-state index in [2.05, 4.69) is 43.7 Å². The van der Waals surface area contributed by atoms with Gasteiger partial charge in [0.2, 0.25) is 5.88 Å². The lowest BCUT2D eigenvalue weighted by Crippen LogP contribution is -2.20. The van der Waals surface area contributed by atoms with Crippen molar-refractivity contribution in [2.75, 3.05) is 13.2 Å². The number of hydrogen-bond acceptors (Lipinski definition) is 3. The summed E-state index contributed by atoms with van der Waals surface area (Å²) >= 11 is 0. The molecule has 1 rings (SSSR count). The third-order valence-corrected chi connectivity index (χ3v) is 2.63. The highest BCUT2D eigenvalue weighted by atomic mass is 16.5. The number of hydrogen-bond donors (Lipinski definition) is 1. The molecule has 1 aromatic rings. The smallest absolute Gasteiger partial charge is 0.218 e. The summed E-state index contributed by atoms with van der Waals surface area (Å²) in [5.74, 6) is 1.37. The molecule has 18 heavy (non-hydrogen) atoms. The zero-order valence-corrected chi connectivity index (χ0v) is 11.9. The zero-order chi connectivity index (χ0) is 13.5. The van der Waals surface area contributed by atoms with Crippen molar-refractivity contribution < 1.29 is 4.74 Å². The largest absolute Gasteiger partial charge is 0.473 e. The second-order valence-corrected chi connectivity index (χ2v) is 4.99. The fourth-order valence-electron chi connectivity index (χ4n) is 1.79. The van der Waals surface area contributed by atoms with Crippen LogP contribution in [0.4, 0.5) is 0 Å². The molecule has 0 saturated carbocycles. The van der Waals surface area contributed by atoms with E-state index in [0.717, 1.165) is 30.2 Å². The first-order chi connectivity index (χ1) is 8.54. The molecule has 1 heterocycles. The van der Waals surface area contributed by atoms with E-state index in [1.165, 1.54) is 5.56 Å². The van der Waals surface area contributed by atoms with Crippen molar-refractivity contribution in [3.63, 3.8) is 0 Å². The molecule has 0 bridgehead atoms. The van der Waals surface area contributed by atoms with Crippen LogP contribution < -0.4 is 10.1 Å². The predicted octanol–water partition coefficient (Wildman–Crippen LogP) is 3.01. The van der Waals surface area contributed by atoms with Gasteiger partial charge in [-0.2, -0.15) is 0 Å². The van der Waals surface area contributed by atoms with Crippen LogP contribution in [0.25, 0.3) is 0 Å². The highest BCUT2D eigenvalue weighted by Crippen LogP contribution is 2.21. The number of pyridine rings is 1. The number of nitrogens with zero attached hydrogens (tertiary/aromatic N) is 1. The van der Waals surface area contributed by atoms with Gasteiger partial charge >= 0.3 is 0 Å². The molecule has 0 amide bonds. The molecule has 0 aliphatic carbocycles. The Morgan fingerprint density at radius 3 is 2.78 bits per heavy atom. The van der Waals surface area contributed by atoms with Gasteiger partial charge in [0.1, 0.15) is 6.61 Å². The standard InChI is InChI=1S/C15H24N2O/c1-6-7-18-15-14(10-16-9-11(2)3)12(4)8-13(5)17-15/h6,8,11,16H,1,7,9-10H2,2-5H3. The Bertz CT molecular complexity index is 400. The quantitative estimate of drug-likeness (QED) is 0.753. The highest BCUT2D eigenvalue weighted by molar-refractivity contribution is 5.36. The lowest BCUT2D eigenvalue weighted by atomic mass is 10.1. The molecule has 0 radical (unpaired) electrons. The second kappa shape index (κ2) is 7.17. The summed E-state index contributed by atoms with van der Waals surface area (Å²) in [6, 6.07) is 2.09. The van der Waals surface area contributed by atoms with Crippen molar-refractivity contribution in [3.8, 4) is 5.88 Å². The monoisotopic (exact) mass is 248 g/mol. The summed E-state index contributed by atoms with van der Waals surface area (Å²) in [6.07, 6.45) is 1.74. The van der Waals surface area contributed by atoms with E-state index in [9.17, 15) is 0 Å². The molecule has 0 aliphatic rings. The Labute approximate surface area is 110 Å². The van der Waals surface area contributed by atoms with E-state index in [1.54, 1.807) is 6.08 Å². The zero-order valence-electron chi connectivity index (χ0n) is 11.9. The molecule has 0 saturated heterocycles. The normalized spacial score (nSPS) is 10.7. The molecule has 0 unspecified atom stereocenters. The van der Waals surface area contributed by atoms with Gasteiger partial charge in [-0.05, 0) is 37.9 Å². The molecule has 0 aliphatic heterocycles. The average Bonchev–Trinajstić information content (AvgIpc) is 2.28. The van der Waals surface area contributed by atoms with Crippen LogP contribution in [-0.4, -0.2) is 18.1 Å². The van der Waals surface area contributed by atoms with Gasteiger partial charge in [-0.1, -0.05) is 26.5 Å². The molecule has 0 spiro atoms. The molecule has 0 aromatic carbocycles. The molecule has 0 atom stereocenters. The maximum Gasteiger partial charge on any atom is 0.218 e. The first kappa shape index (κ1) is 14.7. The van der Waals surface area contributed by atoms with E-state index in [4.69, 9.17) is 4.74 Å². The Balaban J connectivity index is 2.81. The Kier molecular flexibility index (Phi) is 5.86. The predicted molar refractivity (Wildman–Crippen MR) is 75.9 cm³/mol. The topological polar surface area (TPSA) is 34.1 Å². The van der Waals surface area contributed by atoms with Crippen LogP contribution in [0.3, 0.4) is 0 Å². The van der Waals surface area contributed by atoms with Gasteiger partial charge in [-0.25, -0.2) is 4.98 Å². The van der Waals surface area contributed by atoms with Crippen molar-refractivity contribution in [2.24, 2.45) is 5.92 Å². The molecule has 0 fully saturated rings. The van der Waals surface area contributed by atoms with Gasteiger partial charge < -0.3 is 10.1 Å². The van der Waals surface area contributed by atoms with Gasteiger partial charge in [0.05, 0.1) is 0 Å². The Morgan fingerprint density at radius 2 is 2.17 bits per heavy atom. The summed E-state index contributed by atoms with van der Waals surface area (Å²) in [6.45, 7) is 14.4. The van der Waals surface area contributed by atoms with Crippen LogP contribution in [0.5, 0.6) is 5.88 Å². The second-order valence-electron chi connectivity index (χ2n) is 4.99. The van der Waals surface area contributed by atoms with Gasteiger partial charge in [-0.15, -0.1) is 0 Å². The van der Waals surface area contributed by atoms with Crippen molar-refractivity contribution in [3.05, 3.63) is 35.5 Å². The minimum Gasteiger partial charge on any atom is -0.473 e. The summed E-state index contributed by atoms with van der Waals surface area (Å²) in [5, 5.41) is 3.43. The SMILES string of the molecule is C=CCOc1nc(C)cc(C)c1CNCC(C)C. The lowest BCUT2D eigenvalue weighted by molar-refractivity contribution is 0.341. The number of nitrogens with one attached hydrogen (secondary N) is 1. The Morgan fingerprint density at radius 1 is 1.44 bits per heavy atom. The van der Waals surface area contributed by atoms with Gasteiger partial charge in [0.15, 0.2) is 0 Å². The van der Waals surface area contributed by atoms with E-state index in [0.29, 0.717) is 12.5 Å². The highest BCUT2D eigenvalue weighted by Gasteiger charge is 2.09. The number of aromatic nitrogens is 1. The Hall–Kier alpha value is -1.35. The van der Waals surface area contributed by atoms with Crippen molar-refractivity contribution in [2.45, 2.75) is 34.2 Å². The van der Waals surface area contributed by atoms with Crippen LogP contribution in [0, 0.1) is 19.8 Å². The maximum absolute atomic E-state index is 5.64. The van der Waals surface area contributed by atoms with Crippen LogP contribution >= 0.6 is 0 Å². The van der Waals surface area contributed by atoms with Crippen molar-refractivity contribution in [1.29, 1.82) is 0 Å². The van der Waals surface area contributed by atoms with Crippen LogP contribution in [0.15, 0.2) is 18.7 Å². The van der Waals surface area contributed by atoms with E-state index in [-0.39, 0.29) is 0 Å². The molecule has 100 valence electrons. The third-order valence-electron chi connectivity index (χ3n) is 2.63. The first-order valence-electron chi connectivity index (χ1n) is 6.46. The summed E-state index contributed by atoms with van der Waals surface area (Å²) in [7, 11) is 0. The van der Waals surface area contributed by atoms with Gasteiger partial charge in [0, 0.05) is 17.8 Å². The van der Waals surface area contributed by atoms with Gasteiger partial charge in [-0.3, -0.25) is 0 Å². The number of rotatable bonds is 7. The molecule has 1 N–H and O–H groups in total. The van der Waals surface area contributed by atoms with E-state index < -0.39 is 0 Å². The van der Waals surface area contributed by atoms with Crippen LogP contribution in [0.1, 0.15) is 30.7 Å². The van der Waals surface area contributed by atoms with Crippen molar-refractivity contribution in [1.82, 2.24) is 10.3 Å². The number of ether oxygens (including phenoxy) is 1.